The molecule has 0 unspecified atom stereocenters. The first-order valence-corrected chi connectivity index (χ1v) is 9.69. The van der Waals surface area contributed by atoms with Crippen LogP contribution in [0.2, 0.25) is 0 Å². The van der Waals surface area contributed by atoms with Crippen molar-refractivity contribution in [1.82, 2.24) is 14.8 Å². The van der Waals surface area contributed by atoms with Crippen LogP contribution in [0.1, 0.15) is 41.4 Å². The molecule has 0 spiro atoms. The Morgan fingerprint density at radius 1 is 1.03 bits per heavy atom. The minimum atomic E-state index is -0.921. The van der Waals surface area contributed by atoms with Gasteiger partial charge in [0.1, 0.15) is 5.82 Å². The first kappa shape index (κ1) is 20.3. The number of nitrogens with zero attached hydrogens (tertiary/aromatic N) is 3. The quantitative estimate of drug-likeness (QED) is 0.557. The summed E-state index contributed by atoms with van der Waals surface area (Å²) in [5, 5.41) is 14.0. The molecule has 0 saturated carbocycles. The van der Waals surface area contributed by atoms with Gasteiger partial charge in [-0.25, -0.2) is 14.5 Å². The molecular weight excluding hydrogens is 362 g/mol. The fourth-order valence-electron chi connectivity index (χ4n) is 3.12. The molecule has 0 aliphatic carbocycles. The van der Waals surface area contributed by atoms with Crippen molar-refractivity contribution < 1.29 is 9.90 Å². The van der Waals surface area contributed by atoms with Crippen molar-refractivity contribution in [3.05, 3.63) is 95.6 Å². The molecular formula is C24H25N3O2. The van der Waals surface area contributed by atoms with Crippen molar-refractivity contribution in [1.29, 1.82) is 0 Å². The van der Waals surface area contributed by atoms with Crippen LogP contribution in [0.4, 0.5) is 0 Å². The number of allylic oxidation sites excluding steroid dienone is 4. The average Bonchev–Trinajstić information content (AvgIpc) is 3.12. The van der Waals surface area contributed by atoms with E-state index < -0.39 is 5.97 Å². The number of carboxylic acids is 1. The Morgan fingerprint density at radius 2 is 1.76 bits per heavy atom. The van der Waals surface area contributed by atoms with Crippen LogP contribution in [-0.2, 0) is 19.4 Å². The van der Waals surface area contributed by atoms with Gasteiger partial charge in [-0.1, -0.05) is 66.8 Å². The summed E-state index contributed by atoms with van der Waals surface area (Å²) in [6.45, 7) is 4.67. The number of aromatic nitrogens is 3. The standard InChI is InChI=1S/C24H25N3O2/c1-3-5-11-22-25-23(27(26-22)16-6-4-2)17-18-12-14-19(15-13-18)20-9-7-8-10-21(20)24(28)29/h3-10,12-15H,11,16-17H2,1-2H3,(H,28,29). The van der Waals surface area contributed by atoms with Gasteiger partial charge in [-0.15, -0.1) is 0 Å². The highest BCUT2D eigenvalue weighted by Crippen LogP contribution is 2.24. The molecule has 3 aromatic rings. The topological polar surface area (TPSA) is 68.0 Å². The summed E-state index contributed by atoms with van der Waals surface area (Å²) in [4.78, 5) is 16.2. The summed E-state index contributed by atoms with van der Waals surface area (Å²) in [6.07, 6.45) is 9.50. The predicted molar refractivity (Wildman–Crippen MR) is 115 cm³/mol. The summed E-state index contributed by atoms with van der Waals surface area (Å²) in [5.41, 5.74) is 3.01. The molecule has 5 nitrogen and oxygen atoms in total. The SMILES string of the molecule is CC=CCc1nc(Cc2ccc(-c3ccccc3C(=O)O)cc2)n(CC=CC)n1. The highest BCUT2D eigenvalue weighted by molar-refractivity contribution is 5.95. The lowest BCUT2D eigenvalue weighted by Crippen LogP contribution is -2.05. The summed E-state index contributed by atoms with van der Waals surface area (Å²) in [6, 6.07) is 15.0. The summed E-state index contributed by atoms with van der Waals surface area (Å²) in [5.74, 6) is 0.811. The lowest BCUT2D eigenvalue weighted by Gasteiger charge is -2.08. The van der Waals surface area contributed by atoms with E-state index in [0.717, 1.165) is 34.8 Å². The van der Waals surface area contributed by atoms with Gasteiger partial charge in [0.15, 0.2) is 5.82 Å². The predicted octanol–water partition coefficient (Wildman–Crippen LogP) is 4.93. The van der Waals surface area contributed by atoms with E-state index in [4.69, 9.17) is 4.98 Å². The first-order valence-electron chi connectivity index (χ1n) is 9.69. The molecule has 0 saturated heterocycles. The normalized spacial score (nSPS) is 11.5. The third-order valence-electron chi connectivity index (χ3n) is 4.63. The van der Waals surface area contributed by atoms with Gasteiger partial charge in [-0.3, -0.25) is 0 Å². The van der Waals surface area contributed by atoms with Crippen LogP contribution < -0.4 is 0 Å². The molecule has 0 amide bonds. The van der Waals surface area contributed by atoms with Crippen LogP contribution in [-0.4, -0.2) is 25.8 Å². The van der Waals surface area contributed by atoms with Crippen molar-refractivity contribution in [2.24, 2.45) is 0 Å². The Bertz CT molecular complexity index is 1030. The molecule has 148 valence electrons. The van der Waals surface area contributed by atoms with Crippen LogP contribution in [0.5, 0.6) is 0 Å². The molecule has 0 radical (unpaired) electrons. The molecule has 1 N–H and O–H groups in total. The fourth-order valence-corrected chi connectivity index (χ4v) is 3.12. The van der Waals surface area contributed by atoms with Crippen LogP contribution in [0.15, 0.2) is 72.8 Å². The highest BCUT2D eigenvalue weighted by Gasteiger charge is 2.12. The second-order valence-corrected chi connectivity index (χ2v) is 6.69. The number of aromatic carboxylic acids is 1. The van der Waals surface area contributed by atoms with E-state index in [1.165, 1.54) is 0 Å². The molecule has 0 atom stereocenters. The fraction of sp³-hybridized carbons (Fsp3) is 0.208. The molecule has 0 fully saturated rings. The number of hydrogen-bond donors (Lipinski definition) is 1. The van der Waals surface area contributed by atoms with Gasteiger partial charge in [0, 0.05) is 12.8 Å². The summed E-state index contributed by atoms with van der Waals surface area (Å²) in [7, 11) is 0. The van der Waals surface area contributed by atoms with Crippen LogP contribution >= 0.6 is 0 Å². The Kier molecular flexibility index (Phi) is 6.74. The number of carbonyl (C=O) groups is 1. The summed E-state index contributed by atoms with van der Waals surface area (Å²) < 4.78 is 1.94. The molecule has 1 aromatic heterocycles. The molecule has 5 heteroatoms. The van der Waals surface area contributed by atoms with E-state index in [1.807, 2.05) is 73.2 Å². The minimum Gasteiger partial charge on any atom is -0.478 e. The van der Waals surface area contributed by atoms with Gasteiger partial charge in [0.05, 0.1) is 12.1 Å². The third kappa shape index (κ3) is 5.08. The minimum absolute atomic E-state index is 0.306. The molecule has 0 aliphatic rings. The van der Waals surface area contributed by atoms with Gasteiger partial charge in [-0.2, -0.15) is 5.10 Å². The van der Waals surface area contributed by atoms with E-state index in [-0.39, 0.29) is 0 Å². The lowest BCUT2D eigenvalue weighted by molar-refractivity contribution is 0.0697. The average molecular weight is 387 g/mol. The van der Waals surface area contributed by atoms with Gasteiger partial charge in [0.25, 0.3) is 0 Å². The van der Waals surface area contributed by atoms with Gasteiger partial charge in [0.2, 0.25) is 0 Å². The van der Waals surface area contributed by atoms with E-state index in [1.54, 1.807) is 12.1 Å². The molecule has 3 rings (SSSR count). The van der Waals surface area contributed by atoms with E-state index in [0.29, 0.717) is 18.5 Å². The van der Waals surface area contributed by atoms with Crippen molar-refractivity contribution in [3.8, 4) is 11.1 Å². The lowest BCUT2D eigenvalue weighted by atomic mass is 9.98. The van der Waals surface area contributed by atoms with Crippen LogP contribution in [0.25, 0.3) is 11.1 Å². The van der Waals surface area contributed by atoms with Gasteiger partial charge in [-0.05, 0) is 36.6 Å². The maximum Gasteiger partial charge on any atom is 0.336 e. The Morgan fingerprint density at radius 3 is 2.45 bits per heavy atom. The van der Waals surface area contributed by atoms with Crippen molar-refractivity contribution >= 4 is 5.97 Å². The number of rotatable bonds is 8. The van der Waals surface area contributed by atoms with E-state index >= 15 is 0 Å². The molecule has 0 aliphatic heterocycles. The Labute approximate surface area is 171 Å². The second kappa shape index (κ2) is 9.64. The summed E-state index contributed by atoms with van der Waals surface area (Å²) >= 11 is 0. The largest absolute Gasteiger partial charge is 0.478 e. The zero-order valence-corrected chi connectivity index (χ0v) is 16.7. The van der Waals surface area contributed by atoms with Gasteiger partial charge < -0.3 is 5.11 Å². The van der Waals surface area contributed by atoms with Gasteiger partial charge >= 0.3 is 5.97 Å². The zero-order valence-electron chi connectivity index (χ0n) is 16.7. The molecule has 1 heterocycles. The Balaban J connectivity index is 1.84. The maximum absolute atomic E-state index is 11.5. The van der Waals surface area contributed by atoms with E-state index in [2.05, 4.69) is 11.2 Å². The van der Waals surface area contributed by atoms with Crippen molar-refractivity contribution in [2.45, 2.75) is 33.2 Å². The second-order valence-electron chi connectivity index (χ2n) is 6.69. The molecule has 2 aromatic carbocycles. The number of carboxylic acid groups (broad SMARTS) is 1. The van der Waals surface area contributed by atoms with E-state index in [9.17, 15) is 9.90 Å². The number of hydrogen-bond acceptors (Lipinski definition) is 3. The van der Waals surface area contributed by atoms with Crippen LogP contribution in [0, 0.1) is 0 Å². The third-order valence-corrected chi connectivity index (χ3v) is 4.63. The zero-order chi connectivity index (χ0) is 20.6. The molecule has 29 heavy (non-hydrogen) atoms. The Hall–Kier alpha value is -3.47. The smallest absolute Gasteiger partial charge is 0.336 e. The number of benzene rings is 2. The first-order chi connectivity index (χ1) is 14.1. The van der Waals surface area contributed by atoms with Crippen LogP contribution in [0.3, 0.4) is 0 Å². The highest BCUT2D eigenvalue weighted by atomic mass is 16.4. The van der Waals surface area contributed by atoms with Crippen molar-refractivity contribution in [3.63, 3.8) is 0 Å². The monoisotopic (exact) mass is 387 g/mol. The maximum atomic E-state index is 11.5. The molecule has 0 bridgehead atoms. The van der Waals surface area contributed by atoms with Crippen molar-refractivity contribution in [2.75, 3.05) is 0 Å².